The van der Waals surface area contributed by atoms with Gasteiger partial charge in [-0.1, -0.05) is 0 Å². The Kier molecular flexibility index (Phi) is 8.97. The van der Waals surface area contributed by atoms with E-state index >= 15 is 0 Å². The number of benzene rings is 1. The molecule has 1 unspecified atom stereocenters. The fourth-order valence-corrected chi connectivity index (χ4v) is 3.51. The van der Waals surface area contributed by atoms with Crippen LogP contribution in [-0.2, 0) is 6.42 Å². The van der Waals surface area contributed by atoms with Crippen LogP contribution in [0.2, 0.25) is 0 Å². The van der Waals surface area contributed by atoms with E-state index in [4.69, 9.17) is 4.99 Å². The van der Waals surface area contributed by atoms with Crippen LogP contribution >= 0.6 is 24.0 Å². The van der Waals surface area contributed by atoms with Crippen LogP contribution < -0.4 is 10.6 Å². The Bertz CT molecular complexity index is 777. The SMILES string of the molecule is CCNC(=NCC1CN(C)CCN1C)NCCc1c[nH]c2ccc(F)cc12.I. The first-order valence-corrected chi connectivity index (χ1v) is 9.73. The minimum absolute atomic E-state index is 0. The van der Waals surface area contributed by atoms with Crippen LogP contribution in [0.1, 0.15) is 12.5 Å². The average Bonchev–Trinajstić information content (AvgIpc) is 3.04. The van der Waals surface area contributed by atoms with Crippen molar-refractivity contribution in [3.05, 3.63) is 35.8 Å². The minimum Gasteiger partial charge on any atom is -0.361 e. The number of rotatable bonds is 6. The number of aromatic amines is 1. The van der Waals surface area contributed by atoms with E-state index in [1.54, 1.807) is 12.1 Å². The molecule has 2 aromatic rings. The second kappa shape index (κ2) is 11.0. The van der Waals surface area contributed by atoms with Crippen molar-refractivity contribution in [3.8, 4) is 0 Å². The lowest BCUT2D eigenvalue weighted by atomic mass is 10.1. The van der Waals surface area contributed by atoms with E-state index in [0.717, 1.165) is 68.1 Å². The Hall–Kier alpha value is -1.39. The molecule has 6 nitrogen and oxygen atoms in total. The smallest absolute Gasteiger partial charge is 0.191 e. The number of guanidine groups is 1. The lowest BCUT2D eigenvalue weighted by Crippen LogP contribution is -2.51. The molecule has 8 heteroatoms. The number of H-pyrrole nitrogens is 1. The van der Waals surface area contributed by atoms with Crippen molar-refractivity contribution in [3.63, 3.8) is 0 Å². The predicted octanol–water partition coefficient (Wildman–Crippen LogP) is 2.27. The molecule has 156 valence electrons. The minimum atomic E-state index is -0.201. The van der Waals surface area contributed by atoms with E-state index in [0.29, 0.717) is 6.04 Å². The fourth-order valence-electron chi connectivity index (χ4n) is 3.51. The molecule has 0 spiro atoms. The number of aliphatic imine (C=N–C) groups is 1. The maximum absolute atomic E-state index is 13.5. The van der Waals surface area contributed by atoms with E-state index in [2.05, 4.69) is 46.4 Å². The molecule has 3 N–H and O–H groups in total. The maximum Gasteiger partial charge on any atom is 0.191 e. The van der Waals surface area contributed by atoms with Gasteiger partial charge in [-0.2, -0.15) is 0 Å². The third-order valence-corrected chi connectivity index (χ3v) is 5.20. The summed E-state index contributed by atoms with van der Waals surface area (Å²) in [5.74, 6) is 0.637. The first-order valence-electron chi connectivity index (χ1n) is 9.73. The Morgan fingerprint density at radius 3 is 2.89 bits per heavy atom. The van der Waals surface area contributed by atoms with Gasteiger partial charge in [0.05, 0.1) is 6.54 Å². The number of hydrogen-bond donors (Lipinski definition) is 3. The van der Waals surface area contributed by atoms with Crippen molar-refractivity contribution in [1.82, 2.24) is 25.4 Å². The van der Waals surface area contributed by atoms with Gasteiger partial charge in [0.2, 0.25) is 0 Å². The van der Waals surface area contributed by atoms with E-state index in [1.165, 1.54) is 6.07 Å². The number of hydrogen-bond acceptors (Lipinski definition) is 3. The molecular weight excluding hydrogens is 470 g/mol. The van der Waals surface area contributed by atoms with E-state index in [1.807, 2.05) is 6.20 Å². The Morgan fingerprint density at radius 2 is 2.11 bits per heavy atom. The molecule has 2 heterocycles. The zero-order valence-corrected chi connectivity index (χ0v) is 19.3. The zero-order valence-electron chi connectivity index (χ0n) is 17.0. The number of likely N-dealkylation sites (N-methyl/N-ethyl adjacent to an activating group) is 2. The predicted molar refractivity (Wildman–Crippen MR) is 125 cm³/mol. The molecule has 1 atom stereocenters. The number of nitrogens with zero attached hydrogens (tertiary/aromatic N) is 3. The van der Waals surface area contributed by atoms with Crippen LogP contribution in [0.4, 0.5) is 4.39 Å². The standard InChI is InChI=1S/C20H31FN6.HI/c1-4-22-20(25-13-17-14-26(2)9-10-27(17)3)23-8-7-15-12-24-19-6-5-16(21)11-18(15)19;/h5-6,11-12,17,24H,4,7-10,13-14H2,1-3H3,(H2,22,23,25);1H. The molecule has 28 heavy (non-hydrogen) atoms. The molecule has 0 radical (unpaired) electrons. The summed E-state index contributed by atoms with van der Waals surface area (Å²) in [7, 11) is 4.33. The van der Waals surface area contributed by atoms with Crippen LogP contribution in [0, 0.1) is 5.82 Å². The molecule has 1 aromatic heterocycles. The highest BCUT2D eigenvalue weighted by atomic mass is 127. The summed E-state index contributed by atoms with van der Waals surface area (Å²) in [4.78, 5) is 12.7. The van der Waals surface area contributed by atoms with Gasteiger partial charge in [0.15, 0.2) is 5.96 Å². The zero-order chi connectivity index (χ0) is 19.2. The lowest BCUT2D eigenvalue weighted by molar-refractivity contribution is 0.119. The summed E-state index contributed by atoms with van der Waals surface area (Å²) in [5.41, 5.74) is 2.08. The molecule has 0 bridgehead atoms. The van der Waals surface area contributed by atoms with Gasteiger partial charge >= 0.3 is 0 Å². The van der Waals surface area contributed by atoms with Gasteiger partial charge in [0.25, 0.3) is 0 Å². The molecule has 1 aromatic carbocycles. The second-order valence-electron chi connectivity index (χ2n) is 7.30. The molecule has 1 saturated heterocycles. The summed E-state index contributed by atoms with van der Waals surface area (Å²) in [5, 5.41) is 7.67. The summed E-state index contributed by atoms with van der Waals surface area (Å²) in [6.45, 7) is 7.65. The van der Waals surface area contributed by atoms with Crippen molar-refractivity contribution in [2.75, 3.05) is 53.4 Å². The highest BCUT2D eigenvalue weighted by Crippen LogP contribution is 2.19. The molecule has 1 aliphatic rings. The van der Waals surface area contributed by atoms with Crippen LogP contribution in [0.3, 0.4) is 0 Å². The lowest BCUT2D eigenvalue weighted by Gasteiger charge is -2.36. The van der Waals surface area contributed by atoms with Crippen molar-refractivity contribution in [1.29, 1.82) is 0 Å². The third kappa shape index (κ3) is 6.05. The van der Waals surface area contributed by atoms with Crippen LogP contribution in [0.25, 0.3) is 10.9 Å². The fraction of sp³-hybridized carbons (Fsp3) is 0.550. The number of fused-ring (bicyclic) bond motifs is 1. The number of aromatic nitrogens is 1. The van der Waals surface area contributed by atoms with Gasteiger partial charge in [-0.3, -0.25) is 9.89 Å². The van der Waals surface area contributed by atoms with Gasteiger partial charge < -0.3 is 20.5 Å². The van der Waals surface area contributed by atoms with Crippen molar-refractivity contribution in [2.45, 2.75) is 19.4 Å². The number of piperazine rings is 1. The largest absolute Gasteiger partial charge is 0.361 e. The van der Waals surface area contributed by atoms with Crippen LogP contribution in [0.5, 0.6) is 0 Å². The molecule has 3 rings (SSSR count). The highest BCUT2D eigenvalue weighted by molar-refractivity contribution is 14.0. The van der Waals surface area contributed by atoms with Crippen LogP contribution in [0.15, 0.2) is 29.4 Å². The Labute approximate surface area is 184 Å². The quantitative estimate of drug-likeness (QED) is 0.323. The van der Waals surface area contributed by atoms with Gasteiger partial charge in [-0.25, -0.2) is 4.39 Å². The van der Waals surface area contributed by atoms with Gasteiger partial charge in [0, 0.05) is 55.9 Å². The van der Waals surface area contributed by atoms with Crippen LogP contribution in [-0.4, -0.2) is 80.1 Å². The first-order chi connectivity index (χ1) is 13.1. The average molecular weight is 502 g/mol. The summed E-state index contributed by atoms with van der Waals surface area (Å²) >= 11 is 0. The van der Waals surface area contributed by atoms with E-state index in [-0.39, 0.29) is 29.8 Å². The maximum atomic E-state index is 13.5. The van der Waals surface area contributed by atoms with Crippen molar-refractivity contribution in [2.24, 2.45) is 4.99 Å². The molecule has 1 fully saturated rings. The third-order valence-electron chi connectivity index (χ3n) is 5.20. The summed E-state index contributed by atoms with van der Waals surface area (Å²) < 4.78 is 13.5. The normalized spacial score (nSPS) is 18.9. The molecule has 0 saturated carbocycles. The topological polar surface area (TPSA) is 58.7 Å². The number of halogens is 2. The van der Waals surface area contributed by atoms with Crippen molar-refractivity contribution < 1.29 is 4.39 Å². The Balaban J connectivity index is 0.00000280. The summed E-state index contributed by atoms with van der Waals surface area (Å²) in [6.07, 6.45) is 2.77. The highest BCUT2D eigenvalue weighted by Gasteiger charge is 2.21. The van der Waals surface area contributed by atoms with Gasteiger partial charge in [-0.05, 0) is 51.2 Å². The Morgan fingerprint density at radius 1 is 1.29 bits per heavy atom. The monoisotopic (exact) mass is 502 g/mol. The van der Waals surface area contributed by atoms with E-state index in [9.17, 15) is 4.39 Å². The van der Waals surface area contributed by atoms with Crippen molar-refractivity contribution >= 4 is 40.8 Å². The molecule has 1 aliphatic heterocycles. The van der Waals surface area contributed by atoms with Gasteiger partial charge in [-0.15, -0.1) is 24.0 Å². The molecule has 0 aliphatic carbocycles. The first kappa shape index (κ1) is 22.9. The number of nitrogens with one attached hydrogen (secondary N) is 3. The second-order valence-corrected chi connectivity index (χ2v) is 7.30. The van der Waals surface area contributed by atoms with Gasteiger partial charge in [0.1, 0.15) is 5.82 Å². The van der Waals surface area contributed by atoms with E-state index < -0.39 is 0 Å². The molecular formula is C20H32FIN6. The summed E-state index contributed by atoms with van der Waals surface area (Å²) in [6, 6.07) is 5.30. The molecule has 0 amide bonds.